The van der Waals surface area contributed by atoms with Crippen molar-refractivity contribution in [3.63, 3.8) is 0 Å². The number of hydrogen-bond acceptors (Lipinski definition) is 3. The SMILES string of the molecule is O=CC1=CO[C@@H](O)[C@@H]1Cc1ccc(Br)cc1. The summed E-state index contributed by atoms with van der Waals surface area (Å²) < 4.78 is 5.92. The van der Waals surface area contributed by atoms with Crippen LogP contribution in [0.1, 0.15) is 5.56 Å². The van der Waals surface area contributed by atoms with Crippen molar-refractivity contribution < 1.29 is 14.6 Å². The van der Waals surface area contributed by atoms with Gasteiger partial charge in [0.1, 0.15) is 6.29 Å². The van der Waals surface area contributed by atoms with Crippen molar-refractivity contribution in [2.45, 2.75) is 12.7 Å². The van der Waals surface area contributed by atoms with E-state index in [0.717, 1.165) is 16.3 Å². The number of aliphatic hydroxyl groups is 1. The van der Waals surface area contributed by atoms with Gasteiger partial charge < -0.3 is 9.84 Å². The molecule has 0 unspecified atom stereocenters. The molecule has 4 heteroatoms. The fraction of sp³-hybridized carbons (Fsp3) is 0.250. The fourth-order valence-corrected chi connectivity index (χ4v) is 1.97. The average molecular weight is 283 g/mol. The third-order valence-electron chi connectivity index (χ3n) is 2.62. The zero-order valence-electron chi connectivity index (χ0n) is 8.47. The molecule has 0 saturated carbocycles. The first-order chi connectivity index (χ1) is 7.70. The molecule has 0 radical (unpaired) electrons. The van der Waals surface area contributed by atoms with E-state index in [9.17, 15) is 9.90 Å². The molecule has 1 aromatic rings. The van der Waals surface area contributed by atoms with Gasteiger partial charge in [-0.05, 0) is 24.1 Å². The Bertz CT molecular complexity index is 411. The third-order valence-corrected chi connectivity index (χ3v) is 3.15. The van der Waals surface area contributed by atoms with Gasteiger partial charge in [-0.15, -0.1) is 0 Å². The summed E-state index contributed by atoms with van der Waals surface area (Å²) in [4.78, 5) is 10.7. The molecule has 1 aliphatic heterocycles. The predicted octanol–water partition coefficient (Wildman–Crippen LogP) is 2.04. The summed E-state index contributed by atoms with van der Waals surface area (Å²) in [5, 5.41) is 9.56. The van der Waals surface area contributed by atoms with Gasteiger partial charge in [-0.3, -0.25) is 4.79 Å². The van der Waals surface area contributed by atoms with Gasteiger partial charge in [-0.25, -0.2) is 0 Å². The lowest BCUT2D eigenvalue weighted by molar-refractivity contribution is -0.106. The molecule has 3 nitrogen and oxygen atoms in total. The van der Waals surface area contributed by atoms with E-state index in [-0.39, 0.29) is 5.92 Å². The minimum Gasteiger partial charge on any atom is -0.472 e. The quantitative estimate of drug-likeness (QED) is 0.863. The molecule has 0 aliphatic carbocycles. The number of ether oxygens (including phenoxy) is 1. The Kier molecular flexibility index (Phi) is 3.41. The van der Waals surface area contributed by atoms with Gasteiger partial charge in [-0.2, -0.15) is 0 Å². The number of hydrogen-bond donors (Lipinski definition) is 1. The Hall–Kier alpha value is -1.13. The number of aliphatic hydroxyl groups excluding tert-OH is 1. The molecule has 0 saturated heterocycles. The van der Waals surface area contributed by atoms with Crippen LogP contribution in [0.25, 0.3) is 0 Å². The molecule has 1 aromatic carbocycles. The van der Waals surface area contributed by atoms with Crippen molar-refractivity contribution in [1.82, 2.24) is 0 Å². The predicted molar refractivity (Wildman–Crippen MR) is 62.6 cm³/mol. The largest absolute Gasteiger partial charge is 0.472 e. The summed E-state index contributed by atoms with van der Waals surface area (Å²) in [7, 11) is 0. The molecule has 2 atom stereocenters. The molecule has 0 spiro atoms. The zero-order valence-corrected chi connectivity index (χ0v) is 10.1. The van der Waals surface area contributed by atoms with E-state index >= 15 is 0 Å². The summed E-state index contributed by atoms with van der Waals surface area (Å²) >= 11 is 3.35. The Labute approximate surface area is 102 Å². The molecule has 84 valence electrons. The molecule has 0 bridgehead atoms. The second-order valence-corrected chi connectivity index (χ2v) is 4.62. The van der Waals surface area contributed by atoms with E-state index in [1.165, 1.54) is 6.26 Å². The van der Waals surface area contributed by atoms with E-state index in [4.69, 9.17) is 4.74 Å². The molecule has 1 N–H and O–H groups in total. The van der Waals surface area contributed by atoms with Crippen LogP contribution in [0.5, 0.6) is 0 Å². The molecular formula is C12H11BrO3. The lowest BCUT2D eigenvalue weighted by Gasteiger charge is -2.14. The van der Waals surface area contributed by atoms with E-state index in [1.54, 1.807) is 0 Å². The highest BCUT2D eigenvalue weighted by Gasteiger charge is 2.29. The average Bonchev–Trinajstić information content (AvgIpc) is 2.63. The van der Waals surface area contributed by atoms with Gasteiger partial charge in [0.25, 0.3) is 0 Å². The van der Waals surface area contributed by atoms with E-state index in [1.807, 2.05) is 24.3 Å². The minimum absolute atomic E-state index is 0.265. The molecule has 2 rings (SSSR count). The second-order valence-electron chi connectivity index (χ2n) is 3.70. The molecule has 0 aromatic heterocycles. The Morgan fingerprint density at radius 3 is 2.69 bits per heavy atom. The van der Waals surface area contributed by atoms with Gasteiger partial charge in [-0.1, -0.05) is 28.1 Å². The van der Waals surface area contributed by atoms with Crippen LogP contribution in [-0.2, 0) is 16.0 Å². The van der Waals surface area contributed by atoms with Crippen molar-refractivity contribution in [2.24, 2.45) is 5.92 Å². The number of halogens is 1. The molecular weight excluding hydrogens is 272 g/mol. The van der Waals surface area contributed by atoms with Crippen LogP contribution in [0.2, 0.25) is 0 Å². The van der Waals surface area contributed by atoms with E-state index in [0.29, 0.717) is 12.0 Å². The van der Waals surface area contributed by atoms with Crippen molar-refractivity contribution in [3.8, 4) is 0 Å². The summed E-state index contributed by atoms with van der Waals surface area (Å²) in [5.41, 5.74) is 1.57. The van der Waals surface area contributed by atoms with Gasteiger partial charge in [0.05, 0.1) is 12.2 Å². The maximum atomic E-state index is 10.7. The van der Waals surface area contributed by atoms with Crippen LogP contribution >= 0.6 is 15.9 Å². The number of carbonyl (C=O) groups is 1. The lowest BCUT2D eigenvalue weighted by Crippen LogP contribution is -2.20. The fourth-order valence-electron chi connectivity index (χ4n) is 1.70. The summed E-state index contributed by atoms with van der Waals surface area (Å²) in [6.07, 6.45) is 1.75. The number of benzene rings is 1. The van der Waals surface area contributed by atoms with E-state index < -0.39 is 6.29 Å². The van der Waals surface area contributed by atoms with Crippen LogP contribution in [0.4, 0.5) is 0 Å². The third kappa shape index (κ3) is 2.33. The Balaban J connectivity index is 2.12. The number of aldehydes is 1. The summed E-state index contributed by atoms with van der Waals surface area (Å²) in [6, 6.07) is 7.78. The van der Waals surface area contributed by atoms with Crippen LogP contribution in [0.15, 0.2) is 40.6 Å². The summed E-state index contributed by atoms with van der Waals surface area (Å²) in [6.45, 7) is 0. The first kappa shape index (κ1) is 11.4. The zero-order chi connectivity index (χ0) is 11.5. The highest BCUT2D eigenvalue weighted by atomic mass is 79.9. The maximum Gasteiger partial charge on any atom is 0.203 e. The van der Waals surface area contributed by atoms with Crippen molar-refractivity contribution in [2.75, 3.05) is 0 Å². The van der Waals surface area contributed by atoms with Gasteiger partial charge >= 0.3 is 0 Å². The summed E-state index contributed by atoms with van der Waals surface area (Å²) in [5.74, 6) is -0.265. The Morgan fingerprint density at radius 1 is 1.38 bits per heavy atom. The highest BCUT2D eigenvalue weighted by molar-refractivity contribution is 9.10. The van der Waals surface area contributed by atoms with Crippen molar-refractivity contribution >= 4 is 22.2 Å². The first-order valence-corrected chi connectivity index (χ1v) is 5.73. The van der Waals surface area contributed by atoms with Gasteiger partial charge in [0, 0.05) is 10.0 Å². The van der Waals surface area contributed by atoms with Crippen LogP contribution in [0.3, 0.4) is 0 Å². The van der Waals surface area contributed by atoms with Crippen molar-refractivity contribution in [1.29, 1.82) is 0 Å². The molecule has 1 aliphatic rings. The topological polar surface area (TPSA) is 46.5 Å². The van der Waals surface area contributed by atoms with Gasteiger partial charge in [0.15, 0.2) is 0 Å². The molecule has 1 heterocycles. The van der Waals surface area contributed by atoms with Crippen LogP contribution < -0.4 is 0 Å². The van der Waals surface area contributed by atoms with Gasteiger partial charge in [0.2, 0.25) is 6.29 Å². The maximum absolute atomic E-state index is 10.7. The normalized spacial score (nSPS) is 23.8. The smallest absolute Gasteiger partial charge is 0.203 e. The Morgan fingerprint density at radius 2 is 2.06 bits per heavy atom. The van der Waals surface area contributed by atoms with Crippen molar-refractivity contribution in [3.05, 3.63) is 46.1 Å². The number of carbonyl (C=O) groups excluding carboxylic acids is 1. The lowest BCUT2D eigenvalue weighted by atomic mass is 9.94. The first-order valence-electron chi connectivity index (χ1n) is 4.94. The molecule has 16 heavy (non-hydrogen) atoms. The monoisotopic (exact) mass is 282 g/mol. The highest BCUT2D eigenvalue weighted by Crippen LogP contribution is 2.26. The van der Waals surface area contributed by atoms with Crippen LogP contribution in [0, 0.1) is 5.92 Å². The minimum atomic E-state index is -0.913. The molecule has 0 amide bonds. The number of rotatable bonds is 3. The molecule has 0 fully saturated rings. The van der Waals surface area contributed by atoms with E-state index in [2.05, 4.69) is 15.9 Å². The standard InChI is InChI=1S/C12H11BrO3/c13-10-3-1-8(2-4-10)5-11-9(6-14)7-16-12(11)15/h1-4,6-7,11-12,15H,5H2/t11-,12-/m1/s1. The second kappa shape index (κ2) is 4.80. The van der Waals surface area contributed by atoms with Crippen LogP contribution in [-0.4, -0.2) is 17.7 Å².